The van der Waals surface area contributed by atoms with Gasteiger partial charge in [-0.1, -0.05) is 0 Å². The summed E-state index contributed by atoms with van der Waals surface area (Å²) >= 11 is 0. The van der Waals surface area contributed by atoms with Gasteiger partial charge in [-0.25, -0.2) is 4.79 Å². The molecule has 3 fully saturated rings. The van der Waals surface area contributed by atoms with Gasteiger partial charge >= 0.3 is 12.0 Å². The molecular formula is C15H24N2O4. The Hall–Kier alpha value is -1.30. The zero-order chi connectivity index (χ0) is 15.0. The molecule has 6 nitrogen and oxygen atoms in total. The molecule has 2 amide bonds. The fraction of sp³-hybridized carbons (Fsp3) is 0.867. The zero-order valence-corrected chi connectivity index (χ0v) is 12.5. The first kappa shape index (κ1) is 14.6. The molecule has 118 valence electrons. The van der Waals surface area contributed by atoms with Crippen LogP contribution in [0.2, 0.25) is 0 Å². The fourth-order valence-corrected chi connectivity index (χ4v) is 4.18. The second kappa shape index (κ2) is 5.83. The van der Waals surface area contributed by atoms with Gasteiger partial charge in [0.05, 0.1) is 12.6 Å². The van der Waals surface area contributed by atoms with Crippen LogP contribution < -0.4 is 0 Å². The van der Waals surface area contributed by atoms with Crippen LogP contribution in [-0.2, 0) is 9.53 Å². The summed E-state index contributed by atoms with van der Waals surface area (Å²) in [4.78, 5) is 27.5. The van der Waals surface area contributed by atoms with E-state index in [1.165, 1.54) is 0 Å². The van der Waals surface area contributed by atoms with Crippen molar-refractivity contribution in [1.82, 2.24) is 9.80 Å². The molecule has 2 bridgehead atoms. The molecule has 3 heterocycles. The number of likely N-dealkylation sites (N-methyl/N-ethyl adjacent to an activating group) is 1. The number of nitrogens with zero attached hydrogens (tertiary/aromatic N) is 2. The Labute approximate surface area is 125 Å². The number of ether oxygens (including phenoxy) is 1. The van der Waals surface area contributed by atoms with Crippen molar-refractivity contribution >= 4 is 12.0 Å². The smallest absolute Gasteiger partial charge is 0.320 e. The molecule has 21 heavy (non-hydrogen) atoms. The molecular weight excluding hydrogens is 272 g/mol. The molecule has 0 aromatic rings. The van der Waals surface area contributed by atoms with Gasteiger partial charge in [-0.15, -0.1) is 0 Å². The van der Waals surface area contributed by atoms with Gasteiger partial charge in [0.15, 0.2) is 0 Å². The topological polar surface area (TPSA) is 70.1 Å². The van der Waals surface area contributed by atoms with Gasteiger partial charge in [0.25, 0.3) is 0 Å². The highest BCUT2D eigenvalue weighted by Gasteiger charge is 2.45. The van der Waals surface area contributed by atoms with Gasteiger partial charge in [-0.3, -0.25) is 4.79 Å². The third-order valence-electron chi connectivity index (χ3n) is 5.27. The van der Waals surface area contributed by atoms with E-state index < -0.39 is 5.97 Å². The first-order valence-corrected chi connectivity index (χ1v) is 7.91. The van der Waals surface area contributed by atoms with Gasteiger partial charge in [0.1, 0.15) is 0 Å². The monoisotopic (exact) mass is 296 g/mol. The van der Waals surface area contributed by atoms with Crippen LogP contribution in [-0.4, -0.2) is 65.3 Å². The number of carboxylic acid groups (broad SMARTS) is 1. The summed E-state index contributed by atoms with van der Waals surface area (Å²) in [5, 5.41) is 8.96. The van der Waals surface area contributed by atoms with E-state index in [1.807, 2.05) is 16.8 Å². The molecule has 3 aliphatic rings. The Kier molecular flexibility index (Phi) is 4.06. The summed E-state index contributed by atoms with van der Waals surface area (Å²) in [6, 6.07) is 0.746. The van der Waals surface area contributed by atoms with Crippen LogP contribution in [0.4, 0.5) is 4.79 Å². The van der Waals surface area contributed by atoms with Crippen molar-refractivity contribution in [2.45, 2.75) is 56.7 Å². The Bertz CT molecular complexity index is 408. The van der Waals surface area contributed by atoms with E-state index in [0.717, 1.165) is 38.7 Å². The molecule has 0 radical (unpaired) electrons. The molecule has 0 aromatic heterocycles. The minimum Gasteiger partial charge on any atom is -0.481 e. The molecule has 1 N–H and O–H groups in total. The largest absolute Gasteiger partial charge is 0.481 e. The van der Waals surface area contributed by atoms with Crippen molar-refractivity contribution in [3.8, 4) is 0 Å². The number of amides is 2. The maximum Gasteiger partial charge on any atom is 0.320 e. The van der Waals surface area contributed by atoms with Crippen LogP contribution >= 0.6 is 0 Å². The third kappa shape index (κ3) is 2.86. The molecule has 6 heteroatoms. The second-order valence-corrected chi connectivity index (χ2v) is 6.64. The van der Waals surface area contributed by atoms with Crippen LogP contribution in [0.3, 0.4) is 0 Å². The molecule has 3 saturated heterocycles. The number of urea groups is 1. The van der Waals surface area contributed by atoms with Crippen molar-refractivity contribution in [1.29, 1.82) is 0 Å². The van der Waals surface area contributed by atoms with Crippen molar-refractivity contribution in [2.24, 2.45) is 5.92 Å². The number of fused-ring (bicyclic) bond motifs is 2. The summed E-state index contributed by atoms with van der Waals surface area (Å²) in [5.41, 5.74) is 0. The maximum atomic E-state index is 12.8. The lowest BCUT2D eigenvalue weighted by Crippen LogP contribution is -2.53. The van der Waals surface area contributed by atoms with Gasteiger partial charge in [-0.05, 0) is 38.0 Å². The fourth-order valence-electron chi connectivity index (χ4n) is 4.18. The van der Waals surface area contributed by atoms with E-state index in [0.29, 0.717) is 6.61 Å². The van der Waals surface area contributed by atoms with E-state index in [-0.39, 0.29) is 36.5 Å². The number of hydrogen-bond donors (Lipinski definition) is 1. The highest BCUT2D eigenvalue weighted by atomic mass is 16.5. The molecule has 0 aromatic carbocycles. The van der Waals surface area contributed by atoms with E-state index in [4.69, 9.17) is 9.84 Å². The molecule has 3 unspecified atom stereocenters. The molecule has 3 rings (SSSR count). The van der Waals surface area contributed by atoms with Crippen LogP contribution in [0.15, 0.2) is 0 Å². The van der Waals surface area contributed by atoms with Crippen LogP contribution in [0.1, 0.15) is 38.5 Å². The normalized spacial score (nSPS) is 35.0. The van der Waals surface area contributed by atoms with E-state index in [2.05, 4.69) is 0 Å². The average molecular weight is 296 g/mol. The number of carboxylic acids is 1. The van der Waals surface area contributed by atoms with E-state index in [1.54, 1.807) is 0 Å². The minimum absolute atomic E-state index is 0.103. The van der Waals surface area contributed by atoms with Crippen molar-refractivity contribution in [2.75, 3.05) is 20.3 Å². The molecule has 3 atom stereocenters. The summed E-state index contributed by atoms with van der Waals surface area (Å²) in [5.74, 6) is -0.497. The zero-order valence-electron chi connectivity index (χ0n) is 12.5. The van der Waals surface area contributed by atoms with Crippen molar-refractivity contribution < 1.29 is 19.4 Å². The summed E-state index contributed by atoms with van der Waals surface area (Å²) < 4.78 is 5.37. The number of hydrogen-bond acceptors (Lipinski definition) is 3. The Morgan fingerprint density at radius 2 is 1.90 bits per heavy atom. The Morgan fingerprint density at radius 3 is 2.43 bits per heavy atom. The summed E-state index contributed by atoms with van der Waals surface area (Å²) in [7, 11) is 1.87. The number of carbonyl (C=O) groups is 2. The summed E-state index contributed by atoms with van der Waals surface area (Å²) in [6.07, 6.45) is 4.85. The lowest BCUT2D eigenvalue weighted by molar-refractivity contribution is -0.138. The summed E-state index contributed by atoms with van der Waals surface area (Å²) in [6.45, 7) is 1.36. The predicted molar refractivity (Wildman–Crippen MR) is 76.0 cm³/mol. The average Bonchev–Trinajstić information content (AvgIpc) is 3.04. The maximum absolute atomic E-state index is 12.8. The van der Waals surface area contributed by atoms with Crippen molar-refractivity contribution in [3.63, 3.8) is 0 Å². The van der Waals surface area contributed by atoms with Crippen LogP contribution in [0.5, 0.6) is 0 Å². The Balaban J connectivity index is 1.64. The quantitative estimate of drug-likeness (QED) is 0.857. The first-order valence-electron chi connectivity index (χ1n) is 7.91. The predicted octanol–water partition coefficient (Wildman–Crippen LogP) is 1.54. The molecule has 3 aliphatic heterocycles. The first-order chi connectivity index (χ1) is 10.1. The van der Waals surface area contributed by atoms with Crippen LogP contribution in [0, 0.1) is 5.92 Å². The van der Waals surface area contributed by atoms with Crippen LogP contribution in [0.25, 0.3) is 0 Å². The molecule has 0 aliphatic carbocycles. The lowest BCUT2D eigenvalue weighted by Gasteiger charge is -2.41. The van der Waals surface area contributed by atoms with Gasteiger partial charge in [0.2, 0.25) is 0 Å². The van der Waals surface area contributed by atoms with E-state index >= 15 is 0 Å². The Morgan fingerprint density at radius 1 is 1.24 bits per heavy atom. The minimum atomic E-state index is -0.723. The number of carbonyl (C=O) groups excluding carboxylic acids is 1. The highest BCUT2D eigenvalue weighted by molar-refractivity contribution is 5.76. The van der Waals surface area contributed by atoms with E-state index in [9.17, 15) is 9.59 Å². The second-order valence-electron chi connectivity index (χ2n) is 6.64. The van der Waals surface area contributed by atoms with Gasteiger partial charge in [0, 0.05) is 32.2 Å². The molecule has 0 saturated carbocycles. The lowest BCUT2D eigenvalue weighted by atomic mass is 9.88. The van der Waals surface area contributed by atoms with Crippen molar-refractivity contribution in [3.05, 3.63) is 0 Å². The highest BCUT2D eigenvalue weighted by Crippen LogP contribution is 2.40. The number of aliphatic carboxylic acids is 1. The third-order valence-corrected chi connectivity index (χ3v) is 5.27. The number of piperidine rings is 1. The standard InChI is InChI=1S/C15H24N2O4/c1-16(13-4-5-21-9-13)15(20)17-11-2-3-12(17)7-10(6-11)8-14(18)19/h10-13H,2-9H2,1H3,(H,18,19). The number of rotatable bonds is 3. The SMILES string of the molecule is CN(C(=O)N1C2CCC1CC(CC(=O)O)C2)C1CCOC1. The molecule has 0 spiro atoms. The van der Waals surface area contributed by atoms with Gasteiger partial charge < -0.3 is 19.6 Å². The van der Waals surface area contributed by atoms with Gasteiger partial charge in [-0.2, -0.15) is 0 Å².